The first-order chi connectivity index (χ1) is 13.7. The normalized spacial score (nSPS) is 27.5. The molecule has 0 aromatic heterocycles. The maximum absolute atomic E-state index is 13.4. The predicted molar refractivity (Wildman–Crippen MR) is 105 cm³/mol. The largest absolute Gasteiger partial charge is 0.480 e. The van der Waals surface area contributed by atoms with E-state index in [0.717, 1.165) is 11.1 Å². The summed E-state index contributed by atoms with van der Waals surface area (Å²) in [5.41, 5.74) is 0. The third-order valence-corrected chi connectivity index (χ3v) is 6.59. The number of carbonyl (C=O) groups is 1. The molecule has 164 valence electrons. The Morgan fingerprint density at radius 1 is 1.24 bits per heavy atom. The van der Waals surface area contributed by atoms with Gasteiger partial charge in [0.15, 0.2) is 0 Å². The molecule has 0 spiro atoms. The number of β-amino-alcohol motifs (C(OH)–C–C–N with tert-alkyl or cyclic N) is 1. The number of nitrogens with zero attached hydrogens (tertiary/aromatic N) is 2. The quantitative estimate of drug-likeness (QED) is 0.384. The molecule has 1 aromatic rings. The second-order valence-corrected chi connectivity index (χ2v) is 9.05. The van der Waals surface area contributed by atoms with Crippen molar-refractivity contribution in [2.45, 2.75) is 37.7 Å². The van der Waals surface area contributed by atoms with Crippen LogP contribution in [0.1, 0.15) is 13.3 Å². The molecular formula is C18H29N2O8P. The van der Waals surface area contributed by atoms with Gasteiger partial charge in [0.05, 0.1) is 18.8 Å². The highest BCUT2D eigenvalue weighted by Gasteiger charge is 2.43. The molecule has 4 N–H and O–H groups in total. The minimum Gasteiger partial charge on any atom is -0.480 e. The van der Waals surface area contributed by atoms with Gasteiger partial charge in [0.25, 0.3) is 0 Å². The van der Waals surface area contributed by atoms with Gasteiger partial charge in [-0.1, -0.05) is 25.1 Å². The zero-order chi connectivity index (χ0) is 21.6. The average molecular weight is 432 g/mol. The number of likely N-dealkylation sites (N-methyl/N-ethyl adjacent to an activating group) is 1. The maximum Gasteiger partial charge on any atom is 0.461 e. The van der Waals surface area contributed by atoms with Crippen LogP contribution in [-0.2, 0) is 13.9 Å². The summed E-state index contributed by atoms with van der Waals surface area (Å²) in [5, 5.41) is 39.4. The lowest BCUT2D eigenvalue weighted by Gasteiger charge is -2.44. The van der Waals surface area contributed by atoms with E-state index in [4.69, 9.17) is 14.2 Å². The summed E-state index contributed by atoms with van der Waals surface area (Å²) in [5.74, 6) is -0.977. The van der Waals surface area contributed by atoms with Crippen LogP contribution >= 0.6 is 7.75 Å². The molecule has 1 heterocycles. The first-order valence-corrected chi connectivity index (χ1v) is 10.9. The molecule has 0 amide bonds. The van der Waals surface area contributed by atoms with Crippen LogP contribution in [0, 0.1) is 0 Å². The van der Waals surface area contributed by atoms with E-state index in [0.29, 0.717) is 6.54 Å². The number of benzene rings is 1. The van der Waals surface area contributed by atoms with E-state index >= 15 is 0 Å². The maximum atomic E-state index is 13.4. The average Bonchev–Trinajstić information content (AvgIpc) is 2.66. The molecular weight excluding hydrogens is 403 g/mol. The van der Waals surface area contributed by atoms with Crippen LogP contribution in [-0.4, -0.2) is 93.6 Å². The molecule has 2 rings (SSSR count). The zero-order valence-corrected chi connectivity index (χ0v) is 17.4. The van der Waals surface area contributed by atoms with Crippen molar-refractivity contribution in [1.82, 2.24) is 9.57 Å². The number of aliphatic carboxylic acids is 1. The molecule has 0 saturated carbocycles. The molecule has 1 fully saturated rings. The Bertz CT molecular complexity index is 706. The number of carboxylic acids is 1. The summed E-state index contributed by atoms with van der Waals surface area (Å²) < 4.78 is 25.4. The van der Waals surface area contributed by atoms with Gasteiger partial charge in [-0.3, -0.25) is 14.2 Å². The number of rotatable bonds is 10. The monoisotopic (exact) mass is 432 g/mol. The molecule has 1 aliphatic rings. The van der Waals surface area contributed by atoms with E-state index in [-0.39, 0.29) is 18.9 Å². The Morgan fingerprint density at radius 2 is 1.90 bits per heavy atom. The van der Waals surface area contributed by atoms with Crippen molar-refractivity contribution in [2.24, 2.45) is 0 Å². The zero-order valence-electron chi connectivity index (χ0n) is 16.5. The van der Waals surface area contributed by atoms with Gasteiger partial charge in [-0.05, 0) is 32.1 Å². The van der Waals surface area contributed by atoms with E-state index in [1.54, 1.807) is 35.2 Å². The van der Waals surface area contributed by atoms with Gasteiger partial charge in [-0.2, -0.15) is 4.67 Å². The third-order valence-electron chi connectivity index (χ3n) is 4.69. The molecule has 1 aliphatic heterocycles. The molecule has 0 bridgehead atoms. The van der Waals surface area contributed by atoms with Crippen LogP contribution in [0.3, 0.4) is 0 Å². The highest BCUT2D eigenvalue weighted by molar-refractivity contribution is 7.51. The number of aliphatic hydroxyl groups is 3. The minimum absolute atomic E-state index is 0.120. The number of para-hydroxylation sites is 1. The fourth-order valence-electron chi connectivity index (χ4n) is 3.17. The number of likely N-dealkylation sites (tertiary alicyclic amines) is 1. The lowest BCUT2D eigenvalue weighted by atomic mass is 9.94. The fourth-order valence-corrected chi connectivity index (χ4v) is 4.58. The Balaban J connectivity index is 2.20. The Morgan fingerprint density at radius 3 is 2.48 bits per heavy atom. The summed E-state index contributed by atoms with van der Waals surface area (Å²) in [6.07, 6.45) is -3.10. The molecule has 0 aliphatic carbocycles. The van der Waals surface area contributed by atoms with Gasteiger partial charge >= 0.3 is 13.7 Å². The van der Waals surface area contributed by atoms with Gasteiger partial charge in [0.2, 0.25) is 0 Å². The SMILES string of the molecule is CCCN1C[C@H](O)[C@@H](O)[C@H](O)[C@H]1COP(=O)(Oc1ccccc1)N(C)CC(=O)O. The first-order valence-electron chi connectivity index (χ1n) is 9.38. The van der Waals surface area contributed by atoms with Crippen molar-refractivity contribution in [1.29, 1.82) is 0 Å². The minimum atomic E-state index is -4.09. The van der Waals surface area contributed by atoms with Crippen molar-refractivity contribution in [3.8, 4) is 5.75 Å². The molecule has 1 saturated heterocycles. The fraction of sp³-hybridized carbons (Fsp3) is 0.611. The number of aliphatic hydroxyl groups excluding tert-OH is 3. The van der Waals surface area contributed by atoms with Crippen molar-refractivity contribution in [2.75, 3.05) is 33.3 Å². The van der Waals surface area contributed by atoms with Gasteiger partial charge < -0.3 is 24.9 Å². The van der Waals surface area contributed by atoms with Gasteiger partial charge in [-0.15, -0.1) is 0 Å². The van der Waals surface area contributed by atoms with Crippen LogP contribution in [0.2, 0.25) is 0 Å². The lowest BCUT2D eigenvalue weighted by Crippen LogP contribution is -2.62. The Kier molecular flexibility index (Phi) is 8.59. The molecule has 29 heavy (non-hydrogen) atoms. The molecule has 0 radical (unpaired) electrons. The highest BCUT2D eigenvalue weighted by Crippen LogP contribution is 2.51. The van der Waals surface area contributed by atoms with Crippen molar-refractivity contribution >= 4 is 13.7 Å². The van der Waals surface area contributed by atoms with Crippen molar-refractivity contribution in [3.05, 3.63) is 30.3 Å². The highest BCUT2D eigenvalue weighted by atomic mass is 31.2. The molecule has 10 nitrogen and oxygen atoms in total. The standard InChI is InChI=1S/C18H29N2O8P/c1-3-9-20-10-15(21)18(25)17(24)14(20)12-27-29(26,19(2)11-16(22)23)28-13-7-5-4-6-8-13/h4-8,14-15,17-18,21,24-25H,3,9-12H2,1-2H3,(H,22,23)/t14-,15+,17-,18-,29?/m1/s1. The summed E-state index contributed by atoms with van der Waals surface area (Å²) in [6, 6.07) is 7.45. The second kappa shape index (κ2) is 10.5. The number of carboxylic acid groups (broad SMARTS) is 1. The van der Waals surface area contributed by atoms with Crippen molar-refractivity contribution < 1.29 is 38.8 Å². The Labute approximate surface area is 169 Å². The van der Waals surface area contributed by atoms with Crippen LogP contribution in [0.5, 0.6) is 5.75 Å². The summed E-state index contributed by atoms with van der Waals surface area (Å²) in [7, 11) is -2.79. The first kappa shape index (κ1) is 23.8. The van der Waals surface area contributed by atoms with E-state index < -0.39 is 44.6 Å². The predicted octanol–water partition coefficient (Wildman–Crippen LogP) is 0.383. The van der Waals surface area contributed by atoms with Crippen LogP contribution < -0.4 is 4.52 Å². The van der Waals surface area contributed by atoms with Gasteiger partial charge in [-0.25, -0.2) is 4.57 Å². The second-order valence-electron chi connectivity index (χ2n) is 6.99. The van der Waals surface area contributed by atoms with Crippen LogP contribution in [0.25, 0.3) is 0 Å². The lowest BCUT2D eigenvalue weighted by molar-refractivity contribution is -0.144. The van der Waals surface area contributed by atoms with E-state index in [1.807, 2.05) is 6.92 Å². The number of piperidine rings is 1. The van der Waals surface area contributed by atoms with E-state index in [1.165, 1.54) is 7.05 Å². The van der Waals surface area contributed by atoms with Crippen LogP contribution in [0.15, 0.2) is 30.3 Å². The summed E-state index contributed by atoms with van der Waals surface area (Å²) in [6.45, 7) is 1.68. The molecule has 1 unspecified atom stereocenters. The summed E-state index contributed by atoms with van der Waals surface area (Å²) in [4.78, 5) is 12.8. The van der Waals surface area contributed by atoms with E-state index in [2.05, 4.69) is 0 Å². The topological polar surface area (TPSA) is 140 Å². The van der Waals surface area contributed by atoms with Gasteiger partial charge in [0, 0.05) is 6.54 Å². The third kappa shape index (κ3) is 6.23. The Hall–Kier alpha value is -1.52. The molecule has 5 atom stereocenters. The van der Waals surface area contributed by atoms with Crippen molar-refractivity contribution in [3.63, 3.8) is 0 Å². The van der Waals surface area contributed by atoms with Crippen LogP contribution in [0.4, 0.5) is 0 Å². The number of hydrogen-bond donors (Lipinski definition) is 4. The van der Waals surface area contributed by atoms with Gasteiger partial charge in [0.1, 0.15) is 24.5 Å². The smallest absolute Gasteiger partial charge is 0.461 e. The molecule has 11 heteroatoms. The summed E-state index contributed by atoms with van der Waals surface area (Å²) >= 11 is 0. The number of hydrogen-bond acceptors (Lipinski definition) is 8. The van der Waals surface area contributed by atoms with E-state index in [9.17, 15) is 24.7 Å². The molecule has 1 aromatic carbocycles.